The van der Waals surface area contributed by atoms with Gasteiger partial charge in [-0.25, -0.2) is 19.4 Å². The normalized spacial score (nSPS) is 20.1. The minimum absolute atomic E-state index is 0.113. The lowest BCUT2D eigenvalue weighted by Gasteiger charge is -2.25. The van der Waals surface area contributed by atoms with Gasteiger partial charge in [0.05, 0.1) is 34.1 Å². The number of imidazole rings is 1. The van der Waals surface area contributed by atoms with Crippen molar-refractivity contribution < 1.29 is 38.4 Å². The SMILES string of the molecule is [N-]=[N+]=NC[C@H](Cl)[C@@H](O)c1cn([C@@H]2O[C@H](COC(=O)c3ccccc3)[C@@H](OC(=O)c3ccccc3)[C@H]2OC(=O)c2ccccc2)cn1. The predicted molar refractivity (Wildman–Crippen MR) is 163 cm³/mol. The highest BCUT2D eigenvalue weighted by Gasteiger charge is 2.51. The fourth-order valence-electron chi connectivity index (χ4n) is 4.74. The van der Waals surface area contributed by atoms with Crippen LogP contribution in [-0.4, -0.2) is 69.4 Å². The van der Waals surface area contributed by atoms with E-state index < -0.39 is 53.9 Å². The van der Waals surface area contributed by atoms with E-state index in [2.05, 4.69) is 15.0 Å². The molecule has 6 atom stereocenters. The molecule has 1 aromatic heterocycles. The third-order valence-electron chi connectivity index (χ3n) is 7.06. The van der Waals surface area contributed by atoms with Crippen molar-refractivity contribution in [3.8, 4) is 0 Å². The number of nitrogens with zero attached hydrogens (tertiary/aromatic N) is 5. The lowest BCUT2D eigenvalue weighted by Crippen LogP contribution is -2.41. The van der Waals surface area contributed by atoms with Gasteiger partial charge >= 0.3 is 17.9 Å². The Morgan fingerprint density at radius 3 is 1.96 bits per heavy atom. The van der Waals surface area contributed by atoms with E-state index in [1.807, 2.05) is 0 Å². The monoisotopic (exact) mass is 645 g/mol. The van der Waals surface area contributed by atoms with Gasteiger partial charge in [-0.15, -0.1) is 11.6 Å². The molecule has 1 aliphatic rings. The fraction of sp³-hybridized carbons (Fsp3) is 0.250. The van der Waals surface area contributed by atoms with Crippen molar-refractivity contribution in [1.29, 1.82) is 0 Å². The molecule has 0 bridgehead atoms. The lowest BCUT2D eigenvalue weighted by molar-refractivity contribution is -0.0621. The topological polar surface area (TPSA) is 175 Å². The maximum absolute atomic E-state index is 13.3. The third kappa shape index (κ3) is 7.71. The minimum Gasteiger partial charge on any atom is -0.459 e. The molecular weight excluding hydrogens is 618 g/mol. The molecule has 3 aromatic carbocycles. The number of rotatable bonds is 12. The summed E-state index contributed by atoms with van der Waals surface area (Å²) in [6, 6.07) is 24.7. The van der Waals surface area contributed by atoms with Gasteiger partial charge in [0.15, 0.2) is 18.4 Å². The number of carbonyl (C=O) groups is 3. The molecule has 0 saturated carbocycles. The van der Waals surface area contributed by atoms with Gasteiger partial charge < -0.3 is 28.6 Å². The van der Waals surface area contributed by atoms with Gasteiger partial charge in [0.2, 0.25) is 0 Å². The van der Waals surface area contributed by atoms with Gasteiger partial charge in [-0.1, -0.05) is 59.7 Å². The van der Waals surface area contributed by atoms with Crippen molar-refractivity contribution in [3.05, 3.63) is 136 Å². The van der Waals surface area contributed by atoms with Crippen LogP contribution in [0.4, 0.5) is 0 Å². The second kappa shape index (κ2) is 15.2. The Balaban J connectivity index is 1.47. The molecule has 236 valence electrons. The summed E-state index contributed by atoms with van der Waals surface area (Å²) in [5, 5.41) is 13.1. The number of halogens is 1. The number of azide groups is 1. The van der Waals surface area contributed by atoms with Crippen LogP contribution in [0.2, 0.25) is 0 Å². The molecule has 14 heteroatoms. The van der Waals surface area contributed by atoms with Crippen LogP contribution in [0.3, 0.4) is 0 Å². The van der Waals surface area contributed by atoms with E-state index in [0.29, 0.717) is 5.56 Å². The highest BCUT2D eigenvalue weighted by Crippen LogP contribution is 2.36. The molecule has 1 aliphatic heterocycles. The average Bonchev–Trinajstić information content (AvgIpc) is 3.72. The molecule has 1 N–H and O–H groups in total. The molecule has 1 saturated heterocycles. The molecule has 0 amide bonds. The van der Waals surface area contributed by atoms with Crippen molar-refractivity contribution in [3.63, 3.8) is 0 Å². The van der Waals surface area contributed by atoms with E-state index in [-0.39, 0.29) is 30.0 Å². The van der Waals surface area contributed by atoms with Crippen LogP contribution >= 0.6 is 11.6 Å². The van der Waals surface area contributed by atoms with Crippen molar-refractivity contribution >= 4 is 29.5 Å². The molecule has 13 nitrogen and oxygen atoms in total. The average molecular weight is 646 g/mol. The zero-order valence-electron chi connectivity index (χ0n) is 24.1. The summed E-state index contributed by atoms with van der Waals surface area (Å²) in [7, 11) is 0. The van der Waals surface area contributed by atoms with E-state index in [4.69, 9.17) is 36.1 Å². The number of aromatic nitrogens is 2. The van der Waals surface area contributed by atoms with Crippen molar-refractivity contribution in [1.82, 2.24) is 9.55 Å². The maximum Gasteiger partial charge on any atom is 0.338 e. The Labute approximate surface area is 267 Å². The van der Waals surface area contributed by atoms with Gasteiger partial charge in [0, 0.05) is 17.7 Å². The first-order valence-electron chi connectivity index (χ1n) is 14.1. The lowest BCUT2D eigenvalue weighted by atomic mass is 10.1. The predicted octanol–water partition coefficient (Wildman–Crippen LogP) is 5.04. The van der Waals surface area contributed by atoms with Gasteiger partial charge in [0.25, 0.3) is 0 Å². The van der Waals surface area contributed by atoms with Crippen LogP contribution in [0.25, 0.3) is 10.4 Å². The molecule has 2 heterocycles. The van der Waals surface area contributed by atoms with Crippen LogP contribution in [0.5, 0.6) is 0 Å². The minimum atomic E-state index is -1.32. The molecule has 1 fully saturated rings. The largest absolute Gasteiger partial charge is 0.459 e. The van der Waals surface area contributed by atoms with E-state index >= 15 is 0 Å². The van der Waals surface area contributed by atoms with Crippen LogP contribution in [0, 0.1) is 0 Å². The summed E-state index contributed by atoms with van der Waals surface area (Å²) in [4.78, 5) is 46.3. The maximum atomic E-state index is 13.3. The highest BCUT2D eigenvalue weighted by molar-refractivity contribution is 6.21. The molecule has 46 heavy (non-hydrogen) atoms. The highest BCUT2D eigenvalue weighted by atomic mass is 35.5. The van der Waals surface area contributed by atoms with Gasteiger partial charge in [0.1, 0.15) is 18.8 Å². The van der Waals surface area contributed by atoms with Gasteiger partial charge in [-0.05, 0) is 41.9 Å². The molecular formula is C32H28ClN5O8. The van der Waals surface area contributed by atoms with Crippen molar-refractivity contribution in [2.75, 3.05) is 13.2 Å². The van der Waals surface area contributed by atoms with Crippen LogP contribution in [-0.2, 0) is 18.9 Å². The number of ether oxygens (including phenoxy) is 4. The first-order valence-corrected chi connectivity index (χ1v) is 14.6. The number of benzene rings is 3. The summed E-state index contributed by atoms with van der Waals surface area (Å²) >= 11 is 6.19. The van der Waals surface area contributed by atoms with Crippen LogP contribution in [0.1, 0.15) is 49.1 Å². The fourth-order valence-corrected chi connectivity index (χ4v) is 4.93. The Hall–Kier alpha value is -5.20. The Morgan fingerprint density at radius 1 is 0.891 bits per heavy atom. The molecule has 0 spiro atoms. The third-order valence-corrected chi connectivity index (χ3v) is 7.44. The number of esters is 3. The summed E-state index contributed by atoms with van der Waals surface area (Å²) in [6.45, 7) is -0.563. The molecule has 4 aromatic rings. The van der Waals surface area contributed by atoms with Crippen molar-refractivity contribution in [2.45, 2.75) is 36.0 Å². The zero-order valence-corrected chi connectivity index (χ0v) is 24.9. The number of aliphatic hydroxyl groups is 1. The first kappa shape index (κ1) is 32.2. The Kier molecular flexibility index (Phi) is 10.6. The van der Waals surface area contributed by atoms with Gasteiger partial charge in [-0.3, -0.25) is 0 Å². The summed E-state index contributed by atoms with van der Waals surface area (Å²) in [5.74, 6) is -2.09. The summed E-state index contributed by atoms with van der Waals surface area (Å²) in [6.07, 6.45) is -3.36. The number of carbonyl (C=O) groups excluding carboxylic acids is 3. The Morgan fingerprint density at radius 2 is 1.41 bits per heavy atom. The Bertz CT molecular complexity index is 1680. The molecule has 5 rings (SSSR count). The van der Waals surface area contributed by atoms with Crippen molar-refractivity contribution in [2.24, 2.45) is 5.11 Å². The molecule has 0 radical (unpaired) electrons. The standard InChI is InChI=1S/C32H28ClN5O8/c33-23(16-36-37-34)26(39)24-17-38(19-35-24)29-28(46-32(42)22-14-8-3-9-15-22)27(45-31(41)21-12-6-2-7-13-21)25(44-29)18-43-30(40)20-10-4-1-5-11-20/h1-15,17,19,23,25-29,39H,16,18H2/t23-,25+,26+,27+,28+,29+/m0/s1. The number of alkyl halides is 1. The van der Waals surface area contributed by atoms with E-state index in [1.54, 1.807) is 91.0 Å². The number of hydrogen-bond donors (Lipinski definition) is 1. The van der Waals surface area contributed by atoms with E-state index in [1.165, 1.54) is 17.1 Å². The summed E-state index contributed by atoms with van der Waals surface area (Å²) < 4.78 is 25.1. The second-order valence-corrected chi connectivity index (χ2v) is 10.7. The van der Waals surface area contributed by atoms with Crippen LogP contribution in [0.15, 0.2) is 109 Å². The number of hydrogen-bond acceptors (Lipinski definition) is 10. The zero-order chi connectivity index (χ0) is 32.5. The second-order valence-electron chi connectivity index (χ2n) is 10.1. The quantitative estimate of drug-likeness (QED) is 0.0552. The van der Waals surface area contributed by atoms with E-state index in [9.17, 15) is 19.5 Å². The first-order chi connectivity index (χ1) is 22.4. The molecule has 0 unspecified atom stereocenters. The van der Waals surface area contributed by atoms with Gasteiger partial charge in [-0.2, -0.15) is 0 Å². The smallest absolute Gasteiger partial charge is 0.338 e. The van der Waals surface area contributed by atoms with Crippen LogP contribution < -0.4 is 0 Å². The summed E-state index contributed by atoms with van der Waals surface area (Å²) in [5.41, 5.74) is 9.48. The number of aliphatic hydroxyl groups excluding tert-OH is 1. The molecule has 0 aliphatic carbocycles. The van der Waals surface area contributed by atoms with E-state index in [0.717, 1.165) is 0 Å².